The Morgan fingerprint density at radius 2 is 1.83 bits per heavy atom. The average Bonchev–Trinajstić information content (AvgIpc) is 2.63. The van der Waals surface area contributed by atoms with Crippen molar-refractivity contribution in [1.29, 1.82) is 0 Å². The first-order chi connectivity index (χ1) is 10.6. The van der Waals surface area contributed by atoms with E-state index in [4.69, 9.17) is 0 Å². The standard InChI is InChI=1S/C16H30N4O2S/c1-11-7-12(2)10-20(9-11)23(21,22)18-13(3)8-16-14(4)17-19(6)15(16)5/h11-13,18H,7-10H2,1-6H3/t11-,12-,13+/m0/s1. The summed E-state index contributed by atoms with van der Waals surface area (Å²) in [5, 5.41) is 4.40. The molecule has 1 aliphatic heterocycles. The van der Waals surface area contributed by atoms with Crippen molar-refractivity contribution in [3.05, 3.63) is 17.0 Å². The fourth-order valence-electron chi connectivity index (χ4n) is 3.59. The largest absolute Gasteiger partial charge is 0.279 e. The highest BCUT2D eigenvalue weighted by Gasteiger charge is 2.31. The summed E-state index contributed by atoms with van der Waals surface area (Å²) in [6.45, 7) is 11.4. The van der Waals surface area contributed by atoms with Gasteiger partial charge in [-0.2, -0.15) is 22.5 Å². The number of rotatable bonds is 5. The molecule has 2 heterocycles. The van der Waals surface area contributed by atoms with Crippen LogP contribution in [-0.4, -0.2) is 41.6 Å². The molecule has 1 fully saturated rings. The third-order valence-electron chi connectivity index (χ3n) is 4.69. The van der Waals surface area contributed by atoms with Crippen molar-refractivity contribution in [1.82, 2.24) is 18.8 Å². The number of hydrogen-bond acceptors (Lipinski definition) is 3. The SMILES string of the molecule is Cc1nn(C)c(C)c1C[C@@H](C)NS(=O)(=O)N1C[C@@H](C)C[C@H](C)C1. The van der Waals surface area contributed by atoms with E-state index in [0.717, 1.165) is 23.4 Å². The van der Waals surface area contributed by atoms with E-state index in [1.165, 1.54) is 0 Å². The Morgan fingerprint density at radius 1 is 1.26 bits per heavy atom. The fourth-order valence-corrected chi connectivity index (χ4v) is 5.23. The van der Waals surface area contributed by atoms with Gasteiger partial charge in [-0.1, -0.05) is 13.8 Å². The van der Waals surface area contributed by atoms with E-state index in [1.54, 1.807) is 4.31 Å². The monoisotopic (exact) mass is 342 g/mol. The van der Waals surface area contributed by atoms with Gasteiger partial charge in [-0.15, -0.1) is 0 Å². The van der Waals surface area contributed by atoms with Gasteiger partial charge in [-0.3, -0.25) is 4.68 Å². The minimum absolute atomic E-state index is 0.158. The molecule has 0 spiro atoms. The van der Waals surface area contributed by atoms with Gasteiger partial charge in [0.2, 0.25) is 0 Å². The highest BCUT2D eigenvalue weighted by Crippen LogP contribution is 2.23. The summed E-state index contributed by atoms with van der Waals surface area (Å²) >= 11 is 0. The molecular weight excluding hydrogens is 312 g/mol. The summed E-state index contributed by atoms with van der Waals surface area (Å²) in [6, 6.07) is -0.158. The number of piperidine rings is 1. The maximum atomic E-state index is 12.6. The normalized spacial score (nSPS) is 24.8. The van der Waals surface area contributed by atoms with E-state index in [2.05, 4.69) is 23.7 Å². The molecule has 1 N–H and O–H groups in total. The molecule has 1 saturated heterocycles. The zero-order valence-corrected chi connectivity index (χ0v) is 15.9. The van der Waals surface area contributed by atoms with Crippen LogP contribution in [0, 0.1) is 25.7 Å². The van der Waals surface area contributed by atoms with Gasteiger partial charge in [0.25, 0.3) is 10.2 Å². The van der Waals surface area contributed by atoms with Crippen LogP contribution in [0.3, 0.4) is 0 Å². The zero-order valence-electron chi connectivity index (χ0n) is 15.1. The molecule has 1 aromatic heterocycles. The van der Waals surface area contributed by atoms with E-state index < -0.39 is 10.2 Å². The van der Waals surface area contributed by atoms with Crippen LogP contribution in [0.1, 0.15) is 44.1 Å². The van der Waals surface area contributed by atoms with Crippen LogP contribution in [0.2, 0.25) is 0 Å². The third-order valence-corrected chi connectivity index (χ3v) is 6.37. The van der Waals surface area contributed by atoms with Crippen LogP contribution < -0.4 is 4.72 Å². The molecule has 1 aromatic rings. The van der Waals surface area contributed by atoms with Crippen molar-refractivity contribution in [2.24, 2.45) is 18.9 Å². The molecule has 6 nitrogen and oxygen atoms in total. The van der Waals surface area contributed by atoms with Gasteiger partial charge >= 0.3 is 0 Å². The lowest BCUT2D eigenvalue weighted by Gasteiger charge is -2.34. The van der Waals surface area contributed by atoms with Crippen molar-refractivity contribution in [3.8, 4) is 0 Å². The molecule has 0 aliphatic carbocycles. The van der Waals surface area contributed by atoms with E-state index in [9.17, 15) is 8.42 Å². The maximum Gasteiger partial charge on any atom is 0.279 e. The molecule has 132 valence electrons. The van der Waals surface area contributed by atoms with Crippen LogP contribution in [0.15, 0.2) is 0 Å². The van der Waals surface area contributed by atoms with Crippen LogP contribution in [0.4, 0.5) is 0 Å². The maximum absolute atomic E-state index is 12.6. The Bertz CT molecular complexity index is 643. The Hall–Kier alpha value is -0.920. The number of hydrogen-bond donors (Lipinski definition) is 1. The molecule has 0 unspecified atom stereocenters. The molecule has 0 radical (unpaired) electrons. The molecule has 0 saturated carbocycles. The van der Waals surface area contributed by atoms with Crippen LogP contribution in [-0.2, 0) is 23.7 Å². The number of aryl methyl sites for hydroxylation is 2. The van der Waals surface area contributed by atoms with Crippen molar-refractivity contribution in [3.63, 3.8) is 0 Å². The lowest BCUT2D eigenvalue weighted by molar-refractivity contribution is 0.220. The molecule has 0 amide bonds. The molecule has 1 aliphatic rings. The summed E-state index contributed by atoms with van der Waals surface area (Å²) in [6.07, 6.45) is 1.75. The Balaban J connectivity index is 2.05. The van der Waals surface area contributed by atoms with Crippen LogP contribution >= 0.6 is 0 Å². The fraction of sp³-hybridized carbons (Fsp3) is 0.812. The van der Waals surface area contributed by atoms with Gasteiger partial charge in [0.05, 0.1) is 5.69 Å². The van der Waals surface area contributed by atoms with Gasteiger partial charge in [0.15, 0.2) is 0 Å². The summed E-state index contributed by atoms with van der Waals surface area (Å²) < 4.78 is 31.6. The number of aromatic nitrogens is 2. The van der Waals surface area contributed by atoms with E-state index in [0.29, 0.717) is 31.3 Å². The highest BCUT2D eigenvalue weighted by atomic mass is 32.2. The highest BCUT2D eigenvalue weighted by molar-refractivity contribution is 7.87. The minimum atomic E-state index is -3.43. The molecule has 3 atom stereocenters. The minimum Gasteiger partial charge on any atom is -0.272 e. The Labute approximate surface area is 140 Å². The van der Waals surface area contributed by atoms with Crippen LogP contribution in [0.5, 0.6) is 0 Å². The zero-order chi connectivity index (χ0) is 17.4. The first-order valence-corrected chi connectivity index (χ1v) is 9.80. The third kappa shape index (κ3) is 4.33. The predicted molar refractivity (Wildman–Crippen MR) is 92.4 cm³/mol. The Morgan fingerprint density at radius 3 is 2.30 bits per heavy atom. The summed E-state index contributed by atoms with van der Waals surface area (Å²) in [7, 11) is -1.52. The Kier molecular flexibility index (Phi) is 5.53. The molecule has 2 rings (SSSR count). The van der Waals surface area contributed by atoms with E-state index in [-0.39, 0.29) is 6.04 Å². The molecule has 23 heavy (non-hydrogen) atoms. The smallest absolute Gasteiger partial charge is 0.272 e. The van der Waals surface area contributed by atoms with Gasteiger partial charge in [0, 0.05) is 31.9 Å². The first-order valence-electron chi connectivity index (χ1n) is 8.36. The molecular formula is C16H30N4O2S. The second-order valence-electron chi connectivity index (χ2n) is 7.26. The van der Waals surface area contributed by atoms with Crippen molar-refractivity contribution in [2.75, 3.05) is 13.1 Å². The van der Waals surface area contributed by atoms with Gasteiger partial charge in [-0.05, 0) is 51.0 Å². The summed E-state index contributed by atoms with van der Waals surface area (Å²) in [5.41, 5.74) is 3.19. The lowest BCUT2D eigenvalue weighted by Crippen LogP contribution is -2.50. The second kappa shape index (κ2) is 6.91. The quantitative estimate of drug-likeness (QED) is 0.887. The van der Waals surface area contributed by atoms with Gasteiger partial charge < -0.3 is 0 Å². The van der Waals surface area contributed by atoms with E-state index in [1.807, 2.05) is 32.5 Å². The topological polar surface area (TPSA) is 67.2 Å². The average molecular weight is 343 g/mol. The number of nitrogens with zero attached hydrogens (tertiary/aromatic N) is 3. The van der Waals surface area contributed by atoms with E-state index >= 15 is 0 Å². The first kappa shape index (κ1) is 18.4. The van der Waals surface area contributed by atoms with Crippen molar-refractivity contribution < 1.29 is 8.42 Å². The van der Waals surface area contributed by atoms with Gasteiger partial charge in [0.1, 0.15) is 0 Å². The van der Waals surface area contributed by atoms with Crippen molar-refractivity contribution in [2.45, 2.75) is 53.5 Å². The molecule has 0 bridgehead atoms. The van der Waals surface area contributed by atoms with Gasteiger partial charge in [-0.25, -0.2) is 0 Å². The molecule has 0 aromatic carbocycles. The summed E-state index contributed by atoms with van der Waals surface area (Å²) in [4.78, 5) is 0. The second-order valence-corrected chi connectivity index (χ2v) is 8.97. The van der Waals surface area contributed by atoms with Crippen LogP contribution in [0.25, 0.3) is 0 Å². The summed E-state index contributed by atoms with van der Waals surface area (Å²) in [5.74, 6) is 0.821. The molecule has 7 heteroatoms. The predicted octanol–water partition coefficient (Wildman–Crippen LogP) is 1.78. The van der Waals surface area contributed by atoms with Crippen molar-refractivity contribution >= 4 is 10.2 Å². The number of nitrogens with one attached hydrogen (secondary N) is 1. The lowest BCUT2D eigenvalue weighted by atomic mass is 9.94.